The van der Waals surface area contributed by atoms with Crippen LogP contribution in [-0.2, 0) is 0 Å². The molecule has 1 atom stereocenters. The summed E-state index contributed by atoms with van der Waals surface area (Å²) in [5.74, 6) is 1.01. The third-order valence-electron chi connectivity index (χ3n) is 4.02. The molecule has 1 unspecified atom stereocenters. The Bertz CT molecular complexity index is 602. The van der Waals surface area contributed by atoms with Gasteiger partial charge in [-0.25, -0.2) is 0 Å². The second kappa shape index (κ2) is 5.29. The van der Waals surface area contributed by atoms with Crippen molar-refractivity contribution in [2.24, 2.45) is 5.73 Å². The Morgan fingerprint density at radius 2 is 2.15 bits per heavy atom. The van der Waals surface area contributed by atoms with Gasteiger partial charge in [-0.15, -0.1) is 0 Å². The van der Waals surface area contributed by atoms with Gasteiger partial charge in [-0.2, -0.15) is 5.10 Å². The molecular formula is C16H22N4. The molecule has 20 heavy (non-hydrogen) atoms. The molecule has 1 aromatic heterocycles. The van der Waals surface area contributed by atoms with Crippen molar-refractivity contribution in [3.63, 3.8) is 0 Å². The number of benzene rings is 1. The molecule has 1 aliphatic rings. The lowest BCUT2D eigenvalue weighted by atomic mass is 10.0. The van der Waals surface area contributed by atoms with Crippen molar-refractivity contribution < 1.29 is 0 Å². The zero-order valence-electron chi connectivity index (χ0n) is 12.2. The molecule has 0 aliphatic carbocycles. The van der Waals surface area contributed by atoms with Crippen LogP contribution in [0.3, 0.4) is 0 Å². The summed E-state index contributed by atoms with van der Waals surface area (Å²) in [5.41, 5.74) is 10.9. The molecule has 0 saturated carbocycles. The quantitative estimate of drug-likeness (QED) is 0.882. The standard InChI is InChI=1S/C16H22N4/c1-11-5-6-14(12(2)8-11)15-9-16(19-18-15)20-7-3-4-13(17)10-20/h5-6,8-9,13H,3-4,7,10,17H2,1-2H3,(H,18,19). The van der Waals surface area contributed by atoms with Gasteiger partial charge in [0.25, 0.3) is 0 Å². The van der Waals surface area contributed by atoms with Gasteiger partial charge < -0.3 is 10.6 Å². The largest absolute Gasteiger partial charge is 0.354 e. The number of nitrogens with one attached hydrogen (secondary N) is 1. The Hall–Kier alpha value is -1.81. The van der Waals surface area contributed by atoms with Crippen molar-refractivity contribution >= 4 is 5.82 Å². The minimum atomic E-state index is 0.269. The van der Waals surface area contributed by atoms with Crippen molar-refractivity contribution in [2.45, 2.75) is 32.7 Å². The van der Waals surface area contributed by atoms with E-state index in [1.165, 1.54) is 16.7 Å². The van der Waals surface area contributed by atoms with Crippen LogP contribution in [0.25, 0.3) is 11.3 Å². The molecule has 3 rings (SSSR count). The van der Waals surface area contributed by atoms with Gasteiger partial charge >= 0.3 is 0 Å². The number of aryl methyl sites for hydroxylation is 2. The van der Waals surface area contributed by atoms with Crippen molar-refractivity contribution in [3.8, 4) is 11.3 Å². The highest BCUT2D eigenvalue weighted by Crippen LogP contribution is 2.26. The van der Waals surface area contributed by atoms with E-state index < -0.39 is 0 Å². The number of hydrogen-bond donors (Lipinski definition) is 2. The summed E-state index contributed by atoms with van der Waals surface area (Å²) >= 11 is 0. The second-order valence-electron chi connectivity index (χ2n) is 5.81. The predicted molar refractivity (Wildman–Crippen MR) is 82.9 cm³/mol. The average molecular weight is 270 g/mol. The Balaban J connectivity index is 1.86. The zero-order valence-corrected chi connectivity index (χ0v) is 12.2. The summed E-state index contributed by atoms with van der Waals surface area (Å²) in [6.07, 6.45) is 2.26. The fourth-order valence-corrected chi connectivity index (χ4v) is 2.94. The molecule has 3 N–H and O–H groups in total. The van der Waals surface area contributed by atoms with Crippen LogP contribution in [0, 0.1) is 13.8 Å². The lowest BCUT2D eigenvalue weighted by Gasteiger charge is -2.30. The highest BCUT2D eigenvalue weighted by molar-refractivity contribution is 5.67. The topological polar surface area (TPSA) is 57.9 Å². The molecule has 2 aromatic rings. The summed E-state index contributed by atoms with van der Waals surface area (Å²) in [7, 11) is 0. The maximum Gasteiger partial charge on any atom is 0.151 e. The molecule has 0 spiro atoms. The van der Waals surface area contributed by atoms with E-state index in [1.54, 1.807) is 0 Å². The van der Waals surface area contributed by atoms with Crippen LogP contribution in [0.2, 0.25) is 0 Å². The van der Waals surface area contributed by atoms with Gasteiger partial charge in [0, 0.05) is 30.8 Å². The maximum atomic E-state index is 6.04. The third kappa shape index (κ3) is 2.56. The predicted octanol–water partition coefficient (Wildman–Crippen LogP) is 2.62. The van der Waals surface area contributed by atoms with Gasteiger partial charge in [-0.05, 0) is 32.3 Å². The number of H-pyrrole nitrogens is 1. The number of nitrogens with zero attached hydrogens (tertiary/aromatic N) is 2. The van der Waals surface area contributed by atoms with Crippen molar-refractivity contribution in [1.82, 2.24) is 10.2 Å². The first-order valence-corrected chi connectivity index (χ1v) is 7.27. The number of rotatable bonds is 2. The minimum absolute atomic E-state index is 0.269. The number of aromatic nitrogens is 2. The first kappa shape index (κ1) is 13.2. The van der Waals surface area contributed by atoms with Gasteiger partial charge in [0.1, 0.15) is 0 Å². The Labute approximate surface area is 120 Å². The monoisotopic (exact) mass is 270 g/mol. The molecule has 0 amide bonds. The van der Waals surface area contributed by atoms with E-state index in [0.717, 1.165) is 37.4 Å². The Morgan fingerprint density at radius 3 is 2.90 bits per heavy atom. The normalized spacial score (nSPS) is 19.4. The Kier molecular flexibility index (Phi) is 3.49. The maximum absolute atomic E-state index is 6.04. The fraction of sp³-hybridized carbons (Fsp3) is 0.438. The molecule has 1 saturated heterocycles. The highest BCUT2D eigenvalue weighted by atomic mass is 15.3. The van der Waals surface area contributed by atoms with Crippen LogP contribution in [0.15, 0.2) is 24.3 Å². The van der Waals surface area contributed by atoms with E-state index in [9.17, 15) is 0 Å². The summed E-state index contributed by atoms with van der Waals surface area (Å²) < 4.78 is 0. The third-order valence-corrected chi connectivity index (χ3v) is 4.02. The van der Waals surface area contributed by atoms with Gasteiger partial charge in [-0.1, -0.05) is 23.8 Å². The van der Waals surface area contributed by atoms with Crippen LogP contribution in [0.1, 0.15) is 24.0 Å². The number of anilines is 1. The summed E-state index contributed by atoms with van der Waals surface area (Å²) in [6, 6.07) is 8.90. The molecule has 2 heterocycles. The average Bonchev–Trinajstić information content (AvgIpc) is 2.88. The zero-order chi connectivity index (χ0) is 14.1. The summed E-state index contributed by atoms with van der Waals surface area (Å²) in [5, 5.41) is 7.62. The Morgan fingerprint density at radius 1 is 1.30 bits per heavy atom. The minimum Gasteiger partial charge on any atom is -0.354 e. The van der Waals surface area contributed by atoms with Crippen LogP contribution < -0.4 is 10.6 Å². The molecule has 1 fully saturated rings. The van der Waals surface area contributed by atoms with Crippen molar-refractivity contribution in [3.05, 3.63) is 35.4 Å². The molecule has 0 bridgehead atoms. The molecule has 4 nitrogen and oxygen atoms in total. The van der Waals surface area contributed by atoms with E-state index in [1.807, 2.05) is 0 Å². The second-order valence-corrected chi connectivity index (χ2v) is 5.81. The lowest BCUT2D eigenvalue weighted by Crippen LogP contribution is -2.43. The van der Waals surface area contributed by atoms with Crippen molar-refractivity contribution in [2.75, 3.05) is 18.0 Å². The molecule has 1 aliphatic heterocycles. The number of nitrogens with two attached hydrogens (primary N) is 1. The molecule has 106 valence electrons. The van der Waals surface area contributed by atoms with Crippen molar-refractivity contribution in [1.29, 1.82) is 0 Å². The molecule has 4 heteroatoms. The van der Waals surface area contributed by atoms with Crippen LogP contribution >= 0.6 is 0 Å². The van der Waals surface area contributed by atoms with Crippen LogP contribution in [0.4, 0.5) is 5.82 Å². The van der Waals surface area contributed by atoms with Crippen LogP contribution in [-0.4, -0.2) is 29.3 Å². The fourth-order valence-electron chi connectivity index (χ4n) is 2.94. The van der Waals surface area contributed by atoms with Gasteiger partial charge in [0.05, 0.1) is 5.69 Å². The smallest absolute Gasteiger partial charge is 0.151 e. The van der Waals surface area contributed by atoms with E-state index in [-0.39, 0.29) is 6.04 Å². The van der Waals surface area contributed by atoms with E-state index in [0.29, 0.717) is 0 Å². The lowest BCUT2D eigenvalue weighted by molar-refractivity contribution is 0.503. The SMILES string of the molecule is Cc1ccc(-c2cc(N3CCCC(N)C3)n[nH]2)c(C)c1. The molecule has 0 radical (unpaired) electrons. The summed E-state index contributed by atoms with van der Waals surface area (Å²) in [4.78, 5) is 2.28. The van der Waals surface area contributed by atoms with Gasteiger partial charge in [0.2, 0.25) is 0 Å². The summed E-state index contributed by atoms with van der Waals surface area (Å²) in [6.45, 7) is 6.20. The van der Waals surface area contributed by atoms with Gasteiger partial charge in [0.15, 0.2) is 5.82 Å². The highest BCUT2D eigenvalue weighted by Gasteiger charge is 2.19. The number of hydrogen-bond acceptors (Lipinski definition) is 3. The van der Waals surface area contributed by atoms with E-state index in [2.05, 4.69) is 53.2 Å². The number of aromatic amines is 1. The van der Waals surface area contributed by atoms with Crippen LogP contribution in [0.5, 0.6) is 0 Å². The first-order valence-electron chi connectivity index (χ1n) is 7.27. The van der Waals surface area contributed by atoms with Gasteiger partial charge in [-0.3, -0.25) is 5.10 Å². The molecule has 1 aromatic carbocycles. The number of piperidine rings is 1. The molecular weight excluding hydrogens is 248 g/mol. The first-order chi connectivity index (χ1) is 9.63. The van der Waals surface area contributed by atoms with E-state index >= 15 is 0 Å². The van der Waals surface area contributed by atoms with E-state index in [4.69, 9.17) is 5.73 Å².